The van der Waals surface area contributed by atoms with Gasteiger partial charge in [-0.15, -0.1) is 0 Å². The van der Waals surface area contributed by atoms with Crippen LogP contribution in [-0.4, -0.2) is 37.9 Å². The van der Waals surface area contributed by atoms with Crippen LogP contribution in [0.4, 0.5) is 4.39 Å². The van der Waals surface area contributed by atoms with Crippen molar-refractivity contribution in [1.29, 1.82) is 0 Å². The van der Waals surface area contributed by atoms with Crippen molar-refractivity contribution in [2.24, 2.45) is 4.99 Å². The number of hydrogen-bond donors (Lipinski definition) is 0. The van der Waals surface area contributed by atoms with Gasteiger partial charge in [0.15, 0.2) is 14.6 Å². The summed E-state index contributed by atoms with van der Waals surface area (Å²) in [7, 11) is -3.70. The number of carbonyl (C=O) groups excluding carboxylic acids is 1. The number of benzene rings is 2. The van der Waals surface area contributed by atoms with Crippen molar-refractivity contribution in [3.05, 3.63) is 58.1 Å². The number of hydrogen-bond acceptors (Lipinski definition) is 5. The Kier molecular flexibility index (Phi) is 7.40. The number of fused-ring (bicyclic) bond motifs is 1. The molecular weight excluding hydrogens is 439 g/mol. The predicted octanol–water partition coefficient (Wildman–Crippen LogP) is 3.79. The van der Waals surface area contributed by atoms with Gasteiger partial charge in [-0.1, -0.05) is 11.3 Å². The van der Waals surface area contributed by atoms with E-state index >= 15 is 0 Å². The average Bonchev–Trinajstić information content (AvgIpc) is 3.03. The molecule has 31 heavy (non-hydrogen) atoms. The minimum atomic E-state index is -3.70. The number of halogens is 1. The standard InChI is InChI=1S/C22H25FN2O4S2/c1-4-29-11-10-25-19-13-15(2)16(3)14-20(19)30-22(25)24-21(26)9-12-31(27,28)18-7-5-17(23)6-8-18/h5-8,13-14H,4,9-12H2,1-3H3. The van der Waals surface area contributed by atoms with E-state index in [9.17, 15) is 17.6 Å². The molecule has 0 bridgehead atoms. The normalized spacial score (nSPS) is 12.6. The van der Waals surface area contributed by atoms with Gasteiger partial charge >= 0.3 is 0 Å². The molecule has 0 fully saturated rings. The van der Waals surface area contributed by atoms with Crippen LogP contribution in [0, 0.1) is 19.7 Å². The van der Waals surface area contributed by atoms with Crippen LogP contribution in [0.3, 0.4) is 0 Å². The molecule has 0 aliphatic carbocycles. The molecule has 0 N–H and O–H groups in total. The number of thiazole rings is 1. The van der Waals surface area contributed by atoms with Crippen molar-refractivity contribution in [1.82, 2.24) is 4.57 Å². The lowest BCUT2D eigenvalue weighted by molar-refractivity contribution is -0.117. The highest BCUT2D eigenvalue weighted by atomic mass is 32.2. The second kappa shape index (κ2) is 9.84. The molecule has 0 saturated heterocycles. The Morgan fingerprint density at radius 3 is 2.52 bits per heavy atom. The number of aryl methyl sites for hydroxylation is 2. The minimum absolute atomic E-state index is 0.0127. The summed E-state index contributed by atoms with van der Waals surface area (Å²) in [6, 6.07) is 8.70. The van der Waals surface area contributed by atoms with Crippen molar-refractivity contribution >= 4 is 37.3 Å². The third-order valence-corrected chi connectivity index (χ3v) is 7.71. The number of ether oxygens (including phenoxy) is 1. The molecule has 0 unspecified atom stereocenters. The molecule has 1 heterocycles. The smallest absolute Gasteiger partial charge is 0.249 e. The van der Waals surface area contributed by atoms with Crippen LogP contribution >= 0.6 is 11.3 Å². The molecule has 3 aromatic rings. The van der Waals surface area contributed by atoms with Crippen molar-refractivity contribution in [3.8, 4) is 0 Å². The first-order chi connectivity index (χ1) is 14.7. The Morgan fingerprint density at radius 1 is 1.16 bits per heavy atom. The van der Waals surface area contributed by atoms with Crippen LogP contribution in [0.1, 0.15) is 24.5 Å². The van der Waals surface area contributed by atoms with Crippen molar-refractivity contribution in [3.63, 3.8) is 0 Å². The van der Waals surface area contributed by atoms with E-state index in [0.29, 0.717) is 24.6 Å². The Labute approximate surface area is 184 Å². The summed E-state index contributed by atoms with van der Waals surface area (Å²) in [6.07, 6.45) is -0.253. The predicted molar refractivity (Wildman–Crippen MR) is 119 cm³/mol. The SMILES string of the molecule is CCOCCn1c(=NC(=O)CCS(=O)(=O)c2ccc(F)cc2)sc2cc(C)c(C)cc21. The van der Waals surface area contributed by atoms with E-state index < -0.39 is 21.6 Å². The van der Waals surface area contributed by atoms with Crippen molar-refractivity contribution in [2.45, 2.75) is 38.6 Å². The molecule has 1 aromatic heterocycles. The Balaban J connectivity index is 1.87. The Morgan fingerprint density at radius 2 is 1.84 bits per heavy atom. The van der Waals surface area contributed by atoms with E-state index in [1.165, 1.54) is 23.5 Å². The highest BCUT2D eigenvalue weighted by molar-refractivity contribution is 7.91. The van der Waals surface area contributed by atoms with Gasteiger partial charge in [0.1, 0.15) is 5.82 Å². The molecule has 9 heteroatoms. The summed E-state index contributed by atoms with van der Waals surface area (Å²) in [5.41, 5.74) is 3.26. The van der Waals surface area contributed by atoms with Crippen LogP contribution in [-0.2, 0) is 25.9 Å². The van der Waals surface area contributed by atoms with Crippen molar-refractivity contribution < 1.29 is 22.3 Å². The number of rotatable bonds is 8. The fourth-order valence-electron chi connectivity index (χ4n) is 3.07. The third kappa shape index (κ3) is 5.66. The van der Waals surface area contributed by atoms with Gasteiger partial charge in [-0.05, 0) is 68.3 Å². The van der Waals surface area contributed by atoms with Gasteiger partial charge in [0.05, 0.1) is 27.5 Å². The highest BCUT2D eigenvalue weighted by Crippen LogP contribution is 2.22. The van der Waals surface area contributed by atoms with Gasteiger partial charge < -0.3 is 9.30 Å². The Bertz CT molecular complexity index is 1260. The monoisotopic (exact) mass is 464 g/mol. The first kappa shape index (κ1) is 23.3. The largest absolute Gasteiger partial charge is 0.380 e. The number of aromatic nitrogens is 1. The van der Waals surface area contributed by atoms with E-state index in [0.717, 1.165) is 33.5 Å². The number of carbonyl (C=O) groups is 1. The lowest BCUT2D eigenvalue weighted by atomic mass is 10.1. The second-order valence-corrected chi connectivity index (χ2v) is 10.3. The summed E-state index contributed by atoms with van der Waals surface area (Å²) < 4.78 is 46.3. The van der Waals surface area contributed by atoms with E-state index in [-0.39, 0.29) is 17.1 Å². The molecule has 166 valence electrons. The van der Waals surface area contributed by atoms with Crippen molar-refractivity contribution in [2.75, 3.05) is 19.0 Å². The van der Waals surface area contributed by atoms with Crippen LogP contribution in [0.5, 0.6) is 0 Å². The highest BCUT2D eigenvalue weighted by Gasteiger charge is 2.17. The van der Waals surface area contributed by atoms with E-state index in [2.05, 4.69) is 17.1 Å². The molecule has 6 nitrogen and oxygen atoms in total. The summed E-state index contributed by atoms with van der Waals surface area (Å²) in [4.78, 5) is 17.2. The summed E-state index contributed by atoms with van der Waals surface area (Å²) in [6.45, 7) is 7.59. The lowest BCUT2D eigenvalue weighted by Crippen LogP contribution is -2.20. The molecule has 1 amide bonds. The van der Waals surface area contributed by atoms with E-state index in [1.54, 1.807) is 0 Å². The number of nitrogens with zero attached hydrogens (tertiary/aromatic N) is 2. The van der Waals surface area contributed by atoms with Crippen LogP contribution in [0.15, 0.2) is 46.3 Å². The zero-order chi connectivity index (χ0) is 22.6. The van der Waals surface area contributed by atoms with Gasteiger partial charge in [-0.3, -0.25) is 4.79 Å². The average molecular weight is 465 g/mol. The van der Waals surface area contributed by atoms with Crippen LogP contribution in [0.25, 0.3) is 10.2 Å². The number of amides is 1. The van der Waals surface area contributed by atoms with Gasteiger partial charge in [-0.2, -0.15) is 4.99 Å². The maximum Gasteiger partial charge on any atom is 0.249 e. The zero-order valence-electron chi connectivity index (χ0n) is 17.7. The third-order valence-electron chi connectivity index (χ3n) is 4.94. The molecular formula is C22H25FN2O4S2. The molecule has 0 aliphatic rings. The molecule has 0 aliphatic heterocycles. The van der Waals surface area contributed by atoms with E-state index in [4.69, 9.17) is 4.74 Å². The molecule has 0 radical (unpaired) electrons. The molecule has 3 rings (SSSR count). The van der Waals surface area contributed by atoms with Gasteiger partial charge in [-0.25, -0.2) is 12.8 Å². The lowest BCUT2D eigenvalue weighted by Gasteiger charge is -2.07. The quantitative estimate of drug-likeness (QED) is 0.375. The first-order valence-electron chi connectivity index (χ1n) is 9.95. The fraction of sp³-hybridized carbons (Fsp3) is 0.364. The molecule has 0 saturated carbocycles. The second-order valence-electron chi connectivity index (χ2n) is 7.17. The van der Waals surface area contributed by atoms with E-state index in [1.807, 2.05) is 25.3 Å². The maximum atomic E-state index is 13.0. The molecule has 0 spiro atoms. The maximum absolute atomic E-state index is 13.0. The van der Waals surface area contributed by atoms with Gasteiger partial charge in [0, 0.05) is 19.6 Å². The molecule has 0 atom stereocenters. The fourth-order valence-corrected chi connectivity index (χ4v) is 5.45. The number of sulfone groups is 1. The first-order valence-corrected chi connectivity index (χ1v) is 12.4. The minimum Gasteiger partial charge on any atom is -0.380 e. The topological polar surface area (TPSA) is 77.7 Å². The Hall–Kier alpha value is -2.36. The summed E-state index contributed by atoms with van der Waals surface area (Å²) in [5, 5.41) is 0. The van der Waals surface area contributed by atoms with Crippen LogP contribution < -0.4 is 4.80 Å². The van der Waals surface area contributed by atoms with Gasteiger partial charge in [0.25, 0.3) is 0 Å². The van der Waals surface area contributed by atoms with Gasteiger partial charge in [0.2, 0.25) is 5.91 Å². The summed E-state index contributed by atoms with van der Waals surface area (Å²) >= 11 is 1.39. The summed E-state index contributed by atoms with van der Waals surface area (Å²) in [5.74, 6) is -1.42. The van der Waals surface area contributed by atoms with Crippen LogP contribution in [0.2, 0.25) is 0 Å². The molecule has 2 aromatic carbocycles. The zero-order valence-corrected chi connectivity index (χ0v) is 19.4.